The molecule has 11 atom stereocenters. The van der Waals surface area contributed by atoms with Gasteiger partial charge in [0.25, 0.3) is 0 Å². The second kappa shape index (κ2) is 21.0. The molecule has 0 bridgehead atoms. The summed E-state index contributed by atoms with van der Waals surface area (Å²) in [7, 11) is 0. The average molecular weight is 697 g/mol. The zero-order chi connectivity index (χ0) is 35.9. The number of allylic oxidation sites excluding steroid dienone is 2. The van der Waals surface area contributed by atoms with Crippen LogP contribution in [0.5, 0.6) is 0 Å². The van der Waals surface area contributed by atoms with E-state index in [4.69, 9.17) is 9.84 Å². The number of unbranched alkanes of at least 4 members (excludes halogenated alkanes) is 1. The zero-order valence-corrected chi connectivity index (χ0v) is 29.3. The molecule has 9 heteroatoms. The van der Waals surface area contributed by atoms with E-state index in [0.717, 1.165) is 25.7 Å². The van der Waals surface area contributed by atoms with Crippen LogP contribution in [-0.4, -0.2) is 84.6 Å². The maximum Gasteiger partial charge on any atom is 0.303 e. The van der Waals surface area contributed by atoms with Gasteiger partial charge in [-0.1, -0.05) is 72.8 Å². The normalized spacial score (nSPS) is 30.2. The Kier molecular flexibility index (Phi) is 16.9. The number of aliphatic hydroxyl groups is 6. The van der Waals surface area contributed by atoms with Crippen LogP contribution in [0.4, 0.5) is 0 Å². The Morgan fingerprint density at radius 1 is 0.700 bits per heavy atom. The lowest BCUT2D eigenvalue weighted by molar-refractivity contribution is -0.137. The van der Waals surface area contributed by atoms with Crippen molar-refractivity contribution in [3.63, 3.8) is 0 Å². The number of aliphatic hydroxyl groups excluding tert-OH is 6. The van der Waals surface area contributed by atoms with E-state index in [-0.39, 0.29) is 48.4 Å². The van der Waals surface area contributed by atoms with E-state index < -0.39 is 30.6 Å². The van der Waals surface area contributed by atoms with Gasteiger partial charge < -0.3 is 40.5 Å². The maximum absolute atomic E-state index is 10.5. The maximum atomic E-state index is 10.5. The SMILES string of the molecule is O=C(O)CCC/C=C\C[C@@H]1[C@@H](CC[C@@H](O)CCc2ccccc2)[C@H](O)C[C@@H]1O.OC1C[C@@H]2[C@@H](CC[C@@H](O)CCc3ccccc3)[C@H](O)C[C@@H]2O1. The summed E-state index contributed by atoms with van der Waals surface area (Å²) < 4.78 is 5.43. The number of aryl methyl sites for hydroxylation is 2. The van der Waals surface area contributed by atoms with E-state index in [1.54, 1.807) is 0 Å². The van der Waals surface area contributed by atoms with Crippen molar-refractivity contribution in [1.29, 1.82) is 0 Å². The van der Waals surface area contributed by atoms with E-state index in [0.29, 0.717) is 64.2 Å². The van der Waals surface area contributed by atoms with E-state index in [9.17, 15) is 35.4 Å². The van der Waals surface area contributed by atoms with Crippen molar-refractivity contribution >= 4 is 5.97 Å². The highest BCUT2D eigenvalue weighted by Crippen LogP contribution is 2.45. The molecule has 7 N–H and O–H groups in total. The molecule has 1 heterocycles. The number of hydrogen-bond acceptors (Lipinski definition) is 8. The van der Waals surface area contributed by atoms with Crippen LogP contribution in [-0.2, 0) is 22.4 Å². The van der Waals surface area contributed by atoms with Crippen LogP contribution in [0.15, 0.2) is 72.8 Å². The highest BCUT2D eigenvalue weighted by molar-refractivity contribution is 5.66. The van der Waals surface area contributed by atoms with Crippen molar-refractivity contribution in [3.05, 3.63) is 83.9 Å². The first-order valence-corrected chi connectivity index (χ1v) is 18.8. The molecule has 0 amide bonds. The van der Waals surface area contributed by atoms with Gasteiger partial charge in [-0.25, -0.2) is 0 Å². The molecule has 0 radical (unpaired) electrons. The Balaban J connectivity index is 0.000000231. The number of hydrogen-bond donors (Lipinski definition) is 7. The lowest BCUT2D eigenvalue weighted by Gasteiger charge is -2.23. The fourth-order valence-corrected chi connectivity index (χ4v) is 8.19. The number of benzene rings is 2. The van der Waals surface area contributed by atoms with Crippen molar-refractivity contribution in [1.82, 2.24) is 0 Å². The van der Waals surface area contributed by atoms with Crippen molar-refractivity contribution in [2.45, 2.75) is 139 Å². The number of ether oxygens (including phenoxy) is 1. The van der Waals surface area contributed by atoms with E-state index in [1.807, 2.05) is 48.6 Å². The number of carbonyl (C=O) groups is 1. The molecular formula is C41H60O9. The molecule has 1 saturated heterocycles. The molecule has 1 unspecified atom stereocenters. The van der Waals surface area contributed by atoms with Gasteiger partial charge in [0.2, 0.25) is 0 Å². The van der Waals surface area contributed by atoms with E-state index >= 15 is 0 Å². The quantitative estimate of drug-likeness (QED) is 0.0821. The second-order valence-electron chi connectivity index (χ2n) is 14.7. The number of rotatable bonds is 18. The fraction of sp³-hybridized carbons (Fsp3) is 0.634. The van der Waals surface area contributed by atoms with Gasteiger partial charge in [-0.3, -0.25) is 4.79 Å². The lowest BCUT2D eigenvalue weighted by atomic mass is 9.85. The summed E-state index contributed by atoms with van der Waals surface area (Å²) in [6.45, 7) is 0. The van der Waals surface area contributed by atoms with E-state index in [1.165, 1.54) is 11.1 Å². The van der Waals surface area contributed by atoms with Crippen LogP contribution in [0.2, 0.25) is 0 Å². The predicted molar refractivity (Wildman–Crippen MR) is 192 cm³/mol. The van der Waals surface area contributed by atoms with Crippen LogP contribution in [0.1, 0.15) is 94.6 Å². The molecule has 2 aromatic carbocycles. The molecule has 0 spiro atoms. The van der Waals surface area contributed by atoms with Crippen LogP contribution in [0, 0.1) is 23.7 Å². The molecule has 3 aliphatic rings. The van der Waals surface area contributed by atoms with Crippen LogP contribution >= 0.6 is 0 Å². The summed E-state index contributed by atoms with van der Waals surface area (Å²) in [6, 6.07) is 20.3. The molecule has 1 aliphatic heterocycles. The van der Waals surface area contributed by atoms with Crippen molar-refractivity contribution in [3.8, 4) is 0 Å². The molecule has 2 saturated carbocycles. The summed E-state index contributed by atoms with van der Waals surface area (Å²) in [5, 5.41) is 69.5. The van der Waals surface area contributed by atoms with Gasteiger partial charge in [-0.2, -0.15) is 0 Å². The first kappa shape index (κ1) is 40.1. The van der Waals surface area contributed by atoms with Crippen LogP contribution < -0.4 is 0 Å². The summed E-state index contributed by atoms with van der Waals surface area (Å²) in [5.41, 5.74) is 2.46. The molecule has 50 heavy (non-hydrogen) atoms. The molecule has 0 aromatic heterocycles. The average Bonchev–Trinajstić information content (AvgIpc) is 3.70. The van der Waals surface area contributed by atoms with Gasteiger partial charge in [0.15, 0.2) is 6.29 Å². The van der Waals surface area contributed by atoms with Gasteiger partial charge >= 0.3 is 5.97 Å². The topological polar surface area (TPSA) is 168 Å². The zero-order valence-electron chi connectivity index (χ0n) is 29.3. The largest absolute Gasteiger partial charge is 0.481 e. The molecule has 5 rings (SSSR count). The van der Waals surface area contributed by atoms with Crippen LogP contribution in [0.25, 0.3) is 0 Å². The number of carboxylic acid groups (broad SMARTS) is 1. The van der Waals surface area contributed by atoms with Crippen molar-refractivity contribution in [2.75, 3.05) is 0 Å². The Bertz CT molecular complexity index is 1260. The van der Waals surface area contributed by atoms with Gasteiger partial charge in [0.1, 0.15) is 0 Å². The van der Waals surface area contributed by atoms with E-state index in [2.05, 4.69) is 24.3 Å². The fourth-order valence-electron chi connectivity index (χ4n) is 8.19. The standard InChI is InChI=1S/C23H34O5.C18H26O4/c24-18(13-12-17-8-4-3-5-9-17)14-15-20-19(21(25)16-22(20)26)10-6-1-2-7-11-23(27)28;19-13(7-6-12-4-2-1-3-5-12)8-9-14-15-10-18(21)22-17(15)11-16(14)20/h1,3-6,8-9,18-22,24-26H,2,7,10-16H2,(H,27,28);1-5,13-21H,6-11H2/b6-1-;/t18-,19+,20+,21-,22+;13-,14+,15+,16+,17-,18?/m00/s1. The molecule has 2 aromatic rings. The third-order valence-corrected chi connectivity index (χ3v) is 11.0. The number of fused-ring (bicyclic) bond motifs is 1. The Hall–Kier alpha value is -2.63. The predicted octanol–water partition coefficient (Wildman–Crippen LogP) is 5.18. The number of carboxylic acids is 1. The third kappa shape index (κ3) is 13.2. The molecule has 3 fully saturated rings. The van der Waals surface area contributed by atoms with Gasteiger partial charge in [-0.15, -0.1) is 0 Å². The Morgan fingerprint density at radius 2 is 1.24 bits per heavy atom. The smallest absolute Gasteiger partial charge is 0.303 e. The second-order valence-corrected chi connectivity index (χ2v) is 14.7. The minimum absolute atomic E-state index is 0.00328. The summed E-state index contributed by atoms with van der Waals surface area (Å²) in [5.74, 6) is -0.412. The third-order valence-electron chi connectivity index (χ3n) is 11.0. The van der Waals surface area contributed by atoms with Gasteiger partial charge in [0, 0.05) is 19.3 Å². The van der Waals surface area contributed by atoms with Gasteiger partial charge in [0.05, 0.1) is 36.6 Å². The highest BCUT2D eigenvalue weighted by Gasteiger charge is 2.48. The Labute approximate surface area is 297 Å². The minimum Gasteiger partial charge on any atom is -0.481 e. The van der Waals surface area contributed by atoms with Crippen molar-refractivity contribution < 1.29 is 45.3 Å². The summed E-state index contributed by atoms with van der Waals surface area (Å²) in [4.78, 5) is 10.5. The monoisotopic (exact) mass is 696 g/mol. The van der Waals surface area contributed by atoms with Gasteiger partial charge in [-0.05, 0) is 112 Å². The summed E-state index contributed by atoms with van der Waals surface area (Å²) >= 11 is 0. The summed E-state index contributed by atoms with van der Waals surface area (Å²) in [6.07, 6.45) is 10.9. The lowest BCUT2D eigenvalue weighted by Crippen LogP contribution is -2.23. The molecule has 2 aliphatic carbocycles. The van der Waals surface area contributed by atoms with Crippen molar-refractivity contribution in [2.24, 2.45) is 23.7 Å². The first-order valence-electron chi connectivity index (χ1n) is 18.8. The minimum atomic E-state index is -0.784. The first-order chi connectivity index (χ1) is 24.1. The molecule has 9 nitrogen and oxygen atoms in total. The molecule has 278 valence electrons. The number of aliphatic carboxylic acids is 1. The Morgan fingerprint density at radius 3 is 1.82 bits per heavy atom. The highest BCUT2D eigenvalue weighted by atomic mass is 16.6. The van der Waals surface area contributed by atoms with Crippen LogP contribution in [0.3, 0.4) is 0 Å². The molecular weight excluding hydrogens is 636 g/mol.